The van der Waals surface area contributed by atoms with Crippen LogP contribution in [0.25, 0.3) is 10.1 Å². The maximum Gasteiger partial charge on any atom is 0.415 e. The summed E-state index contributed by atoms with van der Waals surface area (Å²) in [6, 6.07) is 7.54. The third-order valence-electron chi connectivity index (χ3n) is 2.66. The number of carbonyl (C=O) groups is 2. The molecule has 5 nitrogen and oxygen atoms in total. The standard InChI is InChI=1S/C15H17NO4S/c1-15(2,3)20-14(19)16(8-13(17)18)11-9-21-12-7-5-4-6-10(11)12/h4-7,9H,8H2,1-3H3,(H,17,18). The maximum atomic E-state index is 12.3. The number of carboxylic acids is 1. The minimum Gasteiger partial charge on any atom is -0.480 e. The first-order chi connectivity index (χ1) is 9.78. The van der Waals surface area contributed by atoms with E-state index in [9.17, 15) is 9.59 Å². The number of amides is 1. The van der Waals surface area contributed by atoms with Crippen molar-refractivity contribution in [2.45, 2.75) is 26.4 Å². The number of hydrogen-bond donors (Lipinski definition) is 1. The summed E-state index contributed by atoms with van der Waals surface area (Å²) in [7, 11) is 0. The lowest BCUT2D eigenvalue weighted by Crippen LogP contribution is -2.39. The zero-order valence-corrected chi connectivity index (χ0v) is 12.9. The van der Waals surface area contributed by atoms with Crippen LogP contribution in [-0.2, 0) is 9.53 Å². The Hall–Kier alpha value is -2.08. The number of ether oxygens (including phenoxy) is 1. The summed E-state index contributed by atoms with van der Waals surface area (Å²) in [5.41, 5.74) is -0.119. The molecule has 0 atom stereocenters. The van der Waals surface area contributed by atoms with Gasteiger partial charge in [-0.2, -0.15) is 0 Å². The summed E-state index contributed by atoms with van der Waals surface area (Å²) in [6.07, 6.45) is -0.659. The smallest absolute Gasteiger partial charge is 0.415 e. The molecule has 6 heteroatoms. The van der Waals surface area contributed by atoms with Gasteiger partial charge in [0.25, 0.3) is 0 Å². The number of carbonyl (C=O) groups excluding carboxylic acids is 1. The van der Waals surface area contributed by atoms with Gasteiger partial charge in [0.05, 0.1) is 5.69 Å². The van der Waals surface area contributed by atoms with Gasteiger partial charge in [0.15, 0.2) is 0 Å². The van der Waals surface area contributed by atoms with E-state index in [1.807, 2.05) is 24.3 Å². The van der Waals surface area contributed by atoms with E-state index in [4.69, 9.17) is 9.84 Å². The largest absolute Gasteiger partial charge is 0.480 e. The van der Waals surface area contributed by atoms with Gasteiger partial charge in [-0.1, -0.05) is 18.2 Å². The summed E-state index contributed by atoms with van der Waals surface area (Å²) in [4.78, 5) is 24.5. The number of thiophene rings is 1. The van der Waals surface area contributed by atoms with Gasteiger partial charge in [-0.05, 0) is 26.8 Å². The summed E-state index contributed by atoms with van der Waals surface area (Å²) < 4.78 is 6.29. The fourth-order valence-electron chi connectivity index (χ4n) is 1.87. The molecule has 0 fully saturated rings. The Kier molecular flexibility index (Phi) is 4.18. The van der Waals surface area contributed by atoms with Crippen molar-refractivity contribution in [3.8, 4) is 0 Å². The average Bonchev–Trinajstić information content (AvgIpc) is 2.77. The first-order valence-electron chi connectivity index (χ1n) is 6.46. The van der Waals surface area contributed by atoms with E-state index in [1.54, 1.807) is 26.2 Å². The highest BCUT2D eigenvalue weighted by molar-refractivity contribution is 7.17. The van der Waals surface area contributed by atoms with E-state index >= 15 is 0 Å². The van der Waals surface area contributed by atoms with Gasteiger partial charge in [-0.15, -0.1) is 11.3 Å². The van der Waals surface area contributed by atoms with Gasteiger partial charge in [0.2, 0.25) is 0 Å². The predicted octanol–water partition coefficient (Wildman–Crippen LogP) is 3.73. The maximum absolute atomic E-state index is 12.3. The molecule has 0 unspecified atom stereocenters. The minimum atomic E-state index is -1.09. The molecule has 2 aromatic rings. The number of rotatable bonds is 3. The van der Waals surface area contributed by atoms with E-state index in [2.05, 4.69) is 0 Å². The molecule has 1 aromatic heterocycles. The summed E-state index contributed by atoms with van der Waals surface area (Å²) in [5.74, 6) is -1.09. The molecule has 1 heterocycles. The van der Waals surface area contributed by atoms with Crippen LogP contribution in [0.15, 0.2) is 29.6 Å². The van der Waals surface area contributed by atoms with Gasteiger partial charge < -0.3 is 9.84 Å². The Morgan fingerprint density at radius 2 is 1.95 bits per heavy atom. The molecule has 0 aliphatic rings. The molecule has 112 valence electrons. The minimum absolute atomic E-state index is 0.435. The Labute approximate surface area is 126 Å². The Morgan fingerprint density at radius 3 is 2.57 bits per heavy atom. The molecular weight excluding hydrogens is 290 g/mol. The van der Waals surface area contributed by atoms with Crippen LogP contribution >= 0.6 is 11.3 Å². The second kappa shape index (κ2) is 5.73. The van der Waals surface area contributed by atoms with Crippen LogP contribution in [0.2, 0.25) is 0 Å². The van der Waals surface area contributed by atoms with Crippen molar-refractivity contribution < 1.29 is 19.4 Å². The molecular formula is C15H17NO4S. The van der Waals surface area contributed by atoms with Gasteiger partial charge in [-0.25, -0.2) is 4.79 Å². The van der Waals surface area contributed by atoms with Crippen molar-refractivity contribution in [3.05, 3.63) is 29.6 Å². The molecule has 0 spiro atoms. The number of benzene rings is 1. The fourth-order valence-corrected chi connectivity index (χ4v) is 2.82. The van der Waals surface area contributed by atoms with E-state index in [1.165, 1.54) is 11.3 Å². The average molecular weight is 307 g/mol. The van der Waals surface area contributed by atoms with Crippen LogP contribution < -0.4 is 4.90 Å². The van der Waals surface area contributed by atoms with Crippen molar-refractivity contribution >= 4 is 39.2 Å². The van der Waals surface area contributed by atoms with E-state index < -0.39 is 24.2 Å². The van der Waals surface area contributed by atoms with Crippen molar-refractivity contribution in [2.24, 2.45) is 0 Å². The molecule has 1 amide bonds. The summed E-state index contributed by atoms with van der Waals surface area (Å²) in [6.45, 7) is 4.80. The van der Waals surface area contributed by atoms with Gasteiger partial charge in [0.1, 0.15) is 12.1 Å². The Balaban J connectivity index is 2.40. The first kappa shape index (κ1) is 15.3. The highest BCUT2D eigenvalue weighted by Gasteiger charge is 2.26. The fraction of sp³-hybridized carbons (Fsp3) is 0.333. The molecule has 2 rings (SSSR count). The monoisotopic (exact) mass is 307 g/mol. The van der Waals surface area contributed by atoms with E-state index in [0.717, 1.165) is 15.0 Å². The van der Waals surface area contributed by atoms with Crippen molar-refractivity contribution in [1.29, 1.82) is 0 Å². The summed E-state index contributed by atoms with van der Waals surface area (Å²) >= 11 is 1.46. The van der Waals surface area contributed by atoms with Crippen LogP contribution in [0.5, 0.6) is 0 Å². The van der Waals surface area contributed by atoms with Gasteiger partial charge in [-0.3, -0.25) is 9.69 Å². The van der Waals surface area contributed by atoms with Gasteiger partial charge in [0, 0.05) is 15.5 Å². The third kappa shape index (κ3) is 3.72. The molecule has 0 saturated carbocycles. The predicted molar refractivity (Wildman–Crippen MR) is 83.0 cm³/mol. The molecule has 0 aliphatic carbocycles. The van der Waals surface area contributed by atoms with Crippen LogP contribution in [0.4, 0.5) is 10.5 Å². The van der Waals surface area contributed by atoms with Crippen LogP contribution in [0, 0.1) is 0 Å². The van der Waals surface area contributed by atoms with Crippen LogP contribution in [0.1, 0.15) is 20.8 Å². The third-order valence-corrected chi connectivity index (χ3v) is 3.61. The second-order valence-corrected chi connectivity index (χ2v) is 6.49. The molecule has 0 radical (unpaired) electrons. The van der Waals surface area contributed by atoms with E-state index in [0.29, 0.717) is 5.69 Å². The molecule has 1 N–H and O–H groups in total. The molecule has 1 aromatic carbocycles. The lowest BCUT2D eigenvalue weighted by atomic mass is 10.2. The highest BCUT2D eigenvalue weighted by atomic mass is 32.1. The number of fused-ring (bicyclic) bond motifs is 1. The summed E-state index contributed by atoms with van der Waals surface area (Å²) in [5, 5.41) is 11.7. The lowest BCUT2D eigenvalue weighted by molar-refractivity contribution is -0.135. The Bertz CT molecular complexity index is 672. The van der Waals surface area contributed by atoms with Crippen molar-refractivity contribution in [3.63, 3.8) is 0 Å². The van der Waals surface area contributed by atoms with Crippen molar-refractivity contribution in [2.75, 3.05) is 11.4 Å². The molecule has 0 saturated heterocycles. The zero-order valence-electron chi connectivity index (χ0n) is 12.1. The number of hydrogen-bond acceptors (Lipinski definition) is 4. The quantitative estimate of drug-likeness (QED) is 0.938. The number of aliphatic carboxylic acids is 1. The molecule has 0 bridgehead atoms. The van der Waals surface area contributed by atoms with E-state index in [-0.39, 0.29) is 0 Å². The van der Waals surface area contributed by atoms with Gasteiger partial charge >= 0.3 is 12.1 Å². The zero-order chi connectivity index (χ0) is 15.6. The Morgan fingerprint density at radius 1 is 1.29 bits per heavy atom. The molecule has 0 aliphatic heterocycles. The second-order valence-electron chi connectivity index (χ2n) is 5.58. The number of carboxylic acid groups (broad SMARTS) is 1. The molecule has 21 heavy (non-hydrogen) atoms. The number of nitrogens with zero attached hydrogens (tertiary/aromatic N) is 1. The SMILES string of the molecule is CC(C)(C)OC(=O)N(CC(=O)O)c1csc2ccccc12. The topological polar surface area (TPSA) is 66.8 Å². The highest BCUT2D eigenvalue weighted by Crippen LogP contribution is 2.33. The van der Waals surface area contributed by atoms with Crippen LogP contribution in [0.3, 0.4) is 0 Å². The van der Waals surface area contributed by atoms with Crippen molar-refractivity contribution in [1.82, 2.24) is 0 Å². The first-order valence-corrected chi connectivity index (χ1v) is 7.34. The van der Waals surface area contributed by atoms with Crippen LogP contribution in [-0.4, -0.2) is 29.3 Å². The normalized spacial score (nSPS) is 11.4. The number of anilines is 1. The lowest BCUT2D eigenvalue weighted by Gasteiger charge is -2.26.